The van der Waals surface area contributed by atoms with E-state index in [0.29, 0.717) is 41.0 Å². The third kappa shape index (κ3) is 7.85. The number of benzene rings is 4. The molecule has 2 aliphatic heterocycles. The zero-order valence-electron chi connectivity index (χ0n) is 32.4. The molecule has 0 aromatic heterocycles. The van der Waals surface area contributed by atoms with Crippen LogP contribution in [0.25, 0.3) is 0 Å². The molecule has 4 N–H and O–H groups in total. The first-order valence-electron chi connectivity index (χ1n) is 18.5. The maximum absolute atomic E-state index is 14.3. The normalized spacial score (nSPS) is 14.8. The Morgan fingerprint density at radius 2 is 1.26 bits per heavy atom. The Kier molecular flexibility index (Phi) is 11.7. The third-order valence-corrected chi connectivity index (χ3v) is 9.89. The van der Waals surface area contributed by atoms with E-state index in [0.717, 1.165) is 21.1 Å². The minimum Gasteiger partial charge on any atom is -0.488 e. The molecule has 6 rings (SSSR count). The largest absolute Gasteiger partial charge is 0.488 e. The number of amides is 1. The van der Waals surface area contributed by atoms with Crippen molar-refractivity contribution in [2.24, 2.45) is 0 Å². The van der Waals surface area contributed by atoms with Crippen LogP contribution in [-0.2, 0) is 24.7 Å². The summed E-state index contributed by atoms with van der Waals surface area (Å²) < 4.78 is 19.0. The number of nitrogens with zero attached hydrogens (tertiary/aromatic N) is 4. The van der Waals surface area contributed by atoms with Gasteiger partial charge in [0.2, 0.25) is 0 Å². The van der Waals surface area contributed by atoms with Crippen LogP contribution in [0, 0.1) is 6.92 Å². The van der Waals surface area contributed by atoms with Crippen molar-refractivity contribution in [1.29, 1.82) is 0 Å². The Morgan fingerprint density at radius 1 is 0.690 bits per heavy atom. The van der Waals surface area contributed by atoms with Crippen molar-refractivity contribution in [2.45, 2.75) is 25.8 Å². The van der Waals surface area contributed by atoms with E-state index in [9.17, 15) is 44.4 Å². The van der Waals surface area contributed by atoms with Gasteiger partial charge in [-0.3, -0.25) is 24.0 Å². The molecule has 1 unspecified atom stereocenters. The molecule has 304 valence electrons. The van der Waals surface area contributed by atoms with Gasteiger partial charge in [0.05, 0.1) is 11.4 Å². The predicted octanol–water partition coefficient (Wildman–Crippen LogP) is 4.73. The first kappa shape index (κ1) is 40.7. The van der Waals surface area contributed by atoms with Crippen LogP contribution in [-0.4, -0.2) is 115 Å². The second-order valence-electron chi connectivity index (χ2n) is 14.2. The number of hydrogen-bond acceptors (Lipinski definition) is 11. The Morgan fingerprint density at radius 3 is 1.84 bits per heavy atom. The van der Waals surface area contributed by atoms with Crippen molar-refractivity contribution in [3.8, 4) is 23.0 Å². The molecule has 1 spiro atoms. The average molecular weight is 797 g/mol. The van der Waals surface area contributed by atoms with Gasteiger partial charge in [-0.1, -0.05) is 37.3 Å². The van der Waals surface area contributed by atoms with Gasteiger partial charge in [0.1, 0.15) is 67.9 Å². The molecule has 16 nitrogen and oxygen atoms in total. The van der Waals surface area contributed by atoms with E-state index >= 15 is 0 Å². The van der Waals surface area contributed by atoms with E-state index in [1.807, 2.05) is 56.3 Å². The second-order valence-corrected chi connectivity index (χ2v) is 14.2. The van der Waals surface area contributed by atoms with Crippen LogP contribution < -0.4 is 28.9 Å². The minimum atomic E-state index is -1.30. The lowest BCUT2D eigenvalue weighted by Crippen LogP contribution is -2.47. The number of carboxylic acids is 4. The van der Waals surface area contributed by atoms with Gasteiger partial charge in [-0.2, -0.15) is 0 Å². The van der Waals surface area contributed by atoms with Gasteiger partial charge < -0.3 is 54.2 Å². The molecule has 2 aliphatic rings. The number of anilines is 3. The highest BCUT2D eigenvalue weighted by Crippen LogP contribution is 2.59. The minimum absolute atomic E-state index is 0.0808. The molecule has 0 fully saturated rings. The number of fused-ring (bicyclic) bond motifs is 6. The molecule has 58 heavy (non-hydrogen) atoms. The van der Waals surface area contributed by atoms with Crippen LogP contribution in [0.1, 0.15) is 46.0 Å². The highest BCUT2D eigenvalue weighted by Gasteiger charge is 2.56. The molecule has 0 saturated carbocycles. The molecule has 2 heterocycles. The van der Waals surface area contributed by atoms with E-state index in [2.05, 4.69) is 0 Å². The van der Waals surface area contributed by atoms with Gasteiger partial charge in [-0.25, -0.2) is 0 Å². The maximum Gasteiger partial charge on any atom is 0.323 e. The first-order chi connectivity index (χ1) is 27.6. The number of carbonyl (C=O) groups is 5. The van der Waals surface area contributed by atoms with Crippen LogP contribution in [0.3, 0.4) is 0 Å². The molecule has 0 aliphatic carbocycles. The number of rotatable bonds is 18. The van der Waals surface area contributed by atoms with E-state index in [1.54, 1.807) is 48.2 Å². The number of carbonyl (C=O) groups excluding carboxylic acids is 1. The van der Waals surface area contributed by atoms with Crippen molar-refractivity contribution in [2.75, 3.05) is 74.7 Å². The van der Waals surface area contributed by atoms with E-state index in [1.165, 1.54) is 6.07 Å². The van der Waals surface area contributed by atoms with Crippen molar-refractivity contribution in [3.63, 3.8) is 0 Å². The summed E-state index contributed by atoms with van der Waals surface area (Å²) in [6.45, 7) is 1.16. The van der Waals surface area contributed by atoms with Crippen molar-refractivity contribution in [3.05, 3.63) is 101 Å². The van der Waals surface area contributed by atoms with E-state index < -0.39 is 55.6 Å². The van der Waals surface area contributed by atoms with Gasteiger partial charge in [0.25, 0.3) is 5.91 Å². The fraction of sp³-hybridized carbons (Fsp3) is 0.310. The van der Waals surface area contributed by atoms with Crippen LogP contribution in [0.4, 0.5) is 17.1 Å². The van der Waals surface area contributed by atoms with E-state index in [4.69, 9.17) is 14.2 Å². The van der Waals surface area contributed by atoms with Crippen molar-refractivity contribution in [1.82, 2.24) is 4.90 Å². The topological polar surface area (TPSA) is 207 Å². The highest BCUT2D eigenvalue weighted by molar-refractivity contribution is 6.02. The van der Waals surface area contributed by atoms with Crippen LogP contribution >= 0.6 is 0 Å². The zero-order valence-corrected chi connectivity index (χ0v) is 32.4. The van der Waals surface area contributed by atoms with Crippen molar-refractivity contribution < 1.29 is 58.6 Å². The monoisotopic (exact) mass is 796 g/mol. The SMILES string of the molecule is CCCN1C(=O)c2ccccc2C12c1ccc(N(C)C)cc1Oc1cc(N(CC(=O)O)CC(=O)O)c(OCCOc3cc(C)ccc3N(CC(=O)O)CC(=O)O)cc12. The zero-order chi connectivity index (χ0) is 41.9. The molecule has 16 heteroatoms. The summed E-state index contributed by atoms with van der Waals surface area (Å²) in [6.07, 6.45) is 0.615. The number of hydrogen-bond donors (Lipinski definition) is 4. The van der Waals surface area contributed by atoms with Crippen LogP contribution in [0.15, 0.2) is 72.8 Å². The van der Waals surface area contributed by atoms with Crippen LogP contribution in [0.2, 0.25) is 0 Å². The fourth-order valence-electron chi connectivity index (χ4n) is 7.62. The number of aliphatic carboxylic acids is 4. The smallest absolute Gasteiger partial charge is 0.323 e. The molecule has 4 aromatic rings. The Balaban J connectivity index is 1.48. The van der Waals surface area contributed by atoms with E-state index in [-0.39, 0.29) is 47.7 Å². The molecular formula is C42H44N4O12. The molecule has 1 atom stereocenters. The van der Waals surface area contributed by atoms with Gasteiger partial charge in [0.15, 0.2) is 0 Å². The summed E-state index contributed by atoms with van der Waals surface area (Å²) in [5, 5.41) is 38.7. The number of aryl methyl sites for hydroxylation is 1. The summed E-state index contributed by atoms with van der Waals surface area (Å²) in [5.74, 6) is -4.27. The van der Waals surface area contributed by atoms with Gasteiger partial charge in [-0.05, 0) is 54.8 Å². The first-order valence-corrected chi connectivity index (χ1v) is 18.5. The predicted molar refractivity (Wildman–Crippen MR) is 212 cm³/mol. The average Bonchev–Trinajstić information content (AvgIpc) is 3.39. The third-order valence-electron chi connectivity index (χ3n) is 9.89. The Labute approximate surface area is 334 Å². The summed E-state index contributed by atoms with van der Waals surface area (Å²) in [4.78, 5) is 67.8. The van der Waals surface area contributed by atoms with Gasteiger partial charge in [0, 0.05) is 55.2 Å². The summed E-state index contributed by atoms with van der Waals surface area (Å²) >= 11 is 0. The fourth-order valence-corrected chi connectivity index (χ4v) is 7.62. The van der Waals surface area contributed by atoms with Gasteiger partial charge in [-0.15, -0.1) is 0 Å². The lowest BCUT2D eigenvalue weighted by Gasteiger charge is -2.45. The standard InChI is InChI=1S/C42H44N4O12/c1-5-14-46-41(55)27-8-6-7-9-28(27)42(46)29-12-11-26(43(3)4)18-33(29)58-34-20-32(45(23-39(51)52)24-40(53)54)36(19-30(34)42)57-16-15-56-35-17-25(2)10-13-31(35)44(21-37(47)48)22-38(49)50/h6-13,17-20H,5,14-16,21-24H2,1-4H3,(H,47,48)(H,49,50)(H,51,52)(H,53,54). The summed E-state index contributed by atoms with van der Waals surface area (Å²) in [5.41, 5.74) is 3.06. The number of carboxylic acid groups (broad SMARTS) is 4. The van der Waals surface area contributed by atoms with Gasteiger partial charge >= 0.3 is 23.9 Å². The molecule has 4 aromatic carbocycles. The molecule has 0 radical (unpaired) electrons. The quantitative estimate of drug-likeness (QED) is 0.100. The summed E-state index contributed by atoms with van der Waals surface area (Å²) in [7, 11) is 3.77. The Bertz CT molecular complexity index is 2240. The van der Waals surface area contributed by atoms with Crippen molar-refractivity contribution >= 4 is 46.8 Å². The lowest BCUT2D eigenvalue weighted by atomic mass is 9.74. The van der Waals surface area contributed by atoms with Crippen LogP contribution in [0.5, 0.6) is 23.0 Å². The molecule has 1 amide bonds. The maximum atomic E-state index is 14.3. The highest BCUT2D eigenvalue weighted by atomic mass is 16.5. The summed E-state index contributed by atoms with van der Waals surface area (Å²) in [6, 6.07) is 21.1. The Hall–Kier alpha value is -6.97. The molecular weight excluding hydrogens is 752 g/mol. The molecule has 0 bridgehead atoms. The lowest BCUT2D eigenvalue weighted by molar-refractivity contribution is -0.138. The molecule has 0 saturated heterocycles. The second kappa shape index (κ2) is 16.6. The number of ether oxygens (including phenoxy) is 3.